The van der Waals surface area contributed by atoms with Crippen LogP contribution in [-0.2, 0) is 11.3 Å². The molecule has 22 heavy (non-hydrogen) atoms. The summed E-state index contributed by atoms with van der Waals surface area (Å²) in [6.07, 6.45) is 3.93. The standard InChI is InChI=1S/C13H14FN5O2S/c1-8(20)18-13-17-4-11(22-13)7-19-5-10(6-19)21-12-15-2-9(14)3-16-12/h2-4,10H,5-7H2,1H3,(H,17,18,20). The summed E-state index contributed by atoms with van der Waals surface area (Å²) < 4.78 is 18.2. The first-order valence-corrected chi connectivity index (χ1v) is 7.49. The van der Waals surface area contributed by atoms with E-state index in [1.807, 2.05) is 0 Å². The van der Waals surface area contributed by atoms with Crippen LogP contribution in [0.4, 0.5) is 9.52 Å². The number of hydrogen-bond acceptors (Lipinski definition) is 7. The molecule has 3 heterocycles. The van der Waals surface area contributed by atoms with E-state index in [1.165, 1.54) is 18.3 Å². The molecule has 2 aromatic heterocycles. The maximum Gasteiger partial charge on any atom is 0.316 e. The molecule has 1 aliphatic heterocycles. The van der Waals surface area contributed by atoms with E-state index in [4.69, 9.17) is 4.74 Å². The van der Waals surface area contributed by atoms with Crippen molar-refractivity contribution in [3.05, 3.63) is 29.3 Å². The Balaban J connectivity index is 1.44. The molecule has 0 atom stereocenters. The van der Waals surface area contributed by atoms with Crippen molar-refractivity contribution in [3.63, 3.8) is 0 Å². The third kappa shape index (κ3) is 3.74. The van der Waals surface area contributed by atoms with E-state index in [0.29, 0.717) is 5.13 Å². The molecule has 9 heteroatoms. The minimum absolute atomic E-state index is 0.00759. The Labute approximate surface area is 130 Å². The highest BCUT2D eigenvalue weighted by Crippen LogP contribution is 2.23. The molecule has 116 valence electrons. The van der Waals surface area contributed by atoms with Gasteiger partial charge < -0.3 is 10.1 Å². The van der Waals surface area contributed by atoms with Gasteiger partial charge in [-0.05, 0) is 0 Å². The number of aromatic nitrogens is 3. The molecule has 0 bridgehead atoms. The highest BCUT2D eigenvalue weighted by molar-refractivity contribution is 7.15. The number of nitrogens with zero attached hydrogens (tertiary/aromatic N) is 4. The first kappa shape index (κ1) is 14.8. The van der Waals surface area contributed by atoms with Gasteiger partial charge in [0, 0.05) is 37.6 Å². The second kappa shape index (κ2) is 6.32. The van der Waals surface area contributed by atoms with Gasteiger partial charge in [0.05, 0.1) is 12.4 Å². The Kier molecular flexibility index (Phi) is 4.25. The fourth-order valence-electron chi connectivity index (χ4n) is 2.05. The van der Waals surface area contributed by atoms with E-state index in [-0.39, 0.29) is 18.0 Å². The van der Waals surface area contributed by atoms with Gasteiger partial charge in [-0.15, -0.1) is 11.3 Å². The lowest BCUT2D eigenvalue weighted by Gasteiger charge is -2.37. The van der Waals surface area contributed by atoms with Crippen LogP contribution in [0.2, 0.25) is 0 Å². The van der Waals surface area contributed by atoms with Crippen LogP contribution in [0.5, 0.6) is 6.01 Å². The molecule has 0 saturated carbocycles. The fraction of sp³-hybridized carbons (Fsp3) is 0.385. The van der Waals surface area contributed by atoms with E-state index >= 15 is 0 Å². The average molecular weight is 323 g/mol. The topological polar surface area (TPSA) is 80.2 Å². The van der Waals surface area contributed by atoms with Crippen molar-refractivity contribution in [2.75, 3.05) is 18.4 Å². The predicted octanol–water partition coefficient (Wildman–Crippen LogP) is 1.29. The lowest BCUT2D eigenvalue weighted by atomic mass is 10.1. The number of halogens is 1. The number of hydrogen-bond donors (Lipinski definition) is 1. The van der Waals surface area contributed by atoms with Gasteiger partial charge in [-0.2, -0.15) is 0 Å². The van der Waals surface area contributed by atoms with E-state index in [9.17, 15) is 9.18 Å². The van der Waals surface area contributed by atoms with Crippen molar-refractivity contribution in [1.82, 2.24) is 19.9 Å². The number of carbonyl (C=O) groups excluding carboxylic acids is 1. The van der Waals surface area contributed by atoms with Crippen LogP contribution >= 0.6 is 11.3 Å². The van der Waals surface area contributed by atoms with Gasteiger partial charge in [0.25, 0.3) is 0 Å². The van der Waals surface area contributed by atoms with Crippen molar-refractivity contribution in [1.29, 1.82) is 0 Å². The maximum absolute atomic E-state index is 12.7. The average Bonchev–Trinajstić information content (AvgIpc) is 2.85. The minimum Gasteiger partial charge on any atom is -0.457 e. The summed E-state index contributed by atoms with van der Waals surface area (Å²) in [5, 5.41) is 3.27. The zero-order valence-electron chi connectivity index (χ0n) is 11.8. The number of likely N-dealkylation sites (tertiary alicyclic amines) is 1. The predicted molar refractivity (Wildman–Crippen MR) is 78.1 cm³/mol. The van der Waals surface area contributed by atoms with Crippen LogP contribution in [0.1, 0.15) is 11.8 Å². The molecule has 1 amide bonds. The number of anilines is 1. The normalized spacial score (nSPS) is 15.4. The Morgan fingerprint density at radius 2 is 2.14 bits per heavy atom. The van der Waals surface area contributed by atoms with Crippen LogP contribution in [0.25, 0.3) is 0 Å². The minimum atomic E-state index is -0.484. The van der Waals surface area contributed by atoms with Gasteiger partial charge in [0.2, 0.25) is 5.91 Å². The summed E-state index contributed by atoms with van der Waals surface area (Å²) in [6.45, 7) is 3.69. The maximum atomic E-state index is 12.7. The van der Waals surface area contributed by atoms with Gasteiger partial charge in [0.15, 0.2) is 10.9 Å². The van der Waals surface area contributed by atoms with E-state index in [2.05, 4.69) is 25.2 Å². The van der Waals surface area contributed by atoms with Gasteiger partial charge >= 0.3 is 6.01 Å². The summed E-state index contributed by atoms with van der Waals surface area (Å²) in [5.74, 6) is -0.611. The van der Waals surface area contributed by atoms with Gasteiger partial charge in [-0.3, -0.25) is 9.69 Å². The molecule has 7 nitrogen and oxygen atoms in total. The highest BCUT2D eigenvalue weighted by Gasteiger charge is 2.29. The zero-order valence-corrected chi connectivity index (χ0v) is 12.6. The zero-order chi connectivity index (χ0) is 15.5. The Morgan fingerprint density at radius 3 is 2.82 bits per heavy atom. The summed E-state index contributed by atoms with van der Waals surface area (Å²) in [5.41, 5.74) is 0. The molecule has 0 aliphatic carbocycles. The van der Waals surface area contributed by atoms with Crippen LogP contribution in [0.3, 0.4) is 0 Å². The Hall–Kier alpha value is -2.13. The molecule has 0 radical (unpaired) electrons. The first-order valence-electron chi connectivity index (χ1n) is 6.67. The molecule has 0 unspecified atom stereocenters. The van der Waals surface area contributed by atoms with Crippen LogP contribution in [0.15, 0.2) is 18.6 Å². The molecule has 1 saturated heterocycles. The molecular weight excluding hydrogens is 309 g/mol. The summed E-state index contributed by atoms with van der Waals surface area (Å²) in [4.78, 5) is 25.9. The quantitative estimate of drug-likeness (QED) is 0.893. The van der Waals surface area contributed by atoms with Gasteiger partial charge in [-0.1, -0.05) is 0 Å². The fourth-order valence-corrected chi connectivity index (χ4v) is 2.95. The van der Waals surface area contributed by atoms with Gasteiger partial charge in [0.1, 0.15) is 6.10 Å². The Bertz CT molecular complexity index is 657. The number of rotatable bonds is 5. The third-order valence-electron chi connectivity index (χ3n) is 3.01. The Morgan fingerprint density at radius 1 is 1.41 bits per heavy atom. The van der Waals surface area contributed by atoms with Crippen molar-refractivity contribution < 1.29 is 13.9 Å². The number of carbonyl (C=O) groups is 1. The van der Waals surface area contributed by atoms with E-state index in [1.54, 1.807) is 6.20 Å². The largest absolute Gasteiger partial charge is 0.457 e. The lowest BCUT2D eigenvalue weighted by Crippen LogP contribution is -2.53. The van der Waals surface area contributed by atoms with Crippen molar-refractivity contribution >= 4 is 22.4 Å². The number of thiazole rings is 1. The van der Waals surface area contributed by atoms with E-state index in [0.717, 1.165) is 36.9 Å². The molecular formula is C13H14FN5O2S. The summed E-state index contributed by atoms with van der Waals surface area (Å²) >= 11 is 1.45. The lowest BCUT2D eigenvalue weighted by molar-refractivity contribution is -0.114. The van der Waals surface area contributed by atoms with Crippen molar-refractivity contribution in [3.8, 4) is 6.01 Å². The molecule has 0 spiro atoms. The van der Waals surface area contributed by atoms with Crippen molar-refractivity contribution in [2.45, 2.75) is 19.6 Å². The second-order valence-electron chi connectivity index (χ2n) is 4.93. The van der Waals surface area contributed by atoms with Crippen molar-refractivity contribution in [2.24, 2.45) is 0 Å². The monoisotopic (exact) mass is 323 g/mol. The molecule has 1 aliphatic rings. The van der Waals surface area contributed by atoms with Crippen LogP contribution in [0, 0.1) is 5.82 Å². The van der Waals surface area contributed by atoms with Gasteiger partial charge in [-0.25, -0.2) is 19.3 Å². The van der Waals surface area contributed by atoms with Crippen LogP contribution < -0.4 is 10.1 Å². The second-order valence-corrected chi connectivity index (χ2v) is 6.05. The molecule has 0 aromatic carbocycles. The molecule has 1 fully saturated rings. The third-order valence-corrected chi connectivity index (χ3v) is 3.91. The number of nitrogens with one attached hydrogen (secondary N) is 1. The smallest absolute Gasteiger partial charge is 0.316 e. The summed E-state index contributed by atoms with van der Waals surface area (Å²) in [6, 6.07) is 0.191. The number of ether oxygens (including phenoxy) is 1. The van der Waals surface area contributed by atoms with E-state index < -0.39 is 5.82 Å². The molecule has 3 rings (SSSR count). The molecule has 2 aromatic rings. The SMILES string of the molecule is CC(=O)Nc1ncc(CN2CC(Oc3ncc(F)cn3)C2)s1. The molecule has 1 N–H and O–H groups in total. The highest BCUT2D eigenvalue weighted by atomic mass is 32.1. The van der Waals surface area contributed by atoms with Crippen LogP contribution in [-0.4, -0.2) is 45.0 Å². The number of amides is 1. The summed E-state index contributed by atoms with van der Waals surface area (Å²) in [7, 11) is 0. The first-order chi connectivity index (χ1) is 10.6.